The molecule has 5 amide bonds. The lowest BCUT2D eigenvalue weighted by Gasteiger charge is -2.41. The van der Waals surface area contributed by atoms with Gasteiger partial charge in [0, 0.05) is 124 Å². The first-order valence-corrected chi connectivity index (χ1v) is 23.5. The lowest BCUT2D eigenvalue weighted by Crippen LogP contribution is -2.52. The molecule has 0 aliphatic carbocycles. The number of aromatic nitrogens is 3. The van der Waals surface area contributed by atoms with Crippen molar-refractivity contribution in [3.8, 4) is 28.3 Å². The predicted octanol–water partition coefficient (Wildman–Crippen LogP) is 5.58. The second-order valence-corrected chi connectivity index (χ2v) is 19.2. The third-order valence-corrected chi connectivity index (χ3v) is 14.1. The number of pyridine rings is 2. The van der Waals surface area contributed by atoms with Gasteiger partial charge in [-0.3, -0.25) is 19.7 Å². The number of urea groups is 1. The van der Waals surface area contributed by atoms with Crippen LogP contribution in [0.5, 0.6) is 0 Å². The number of nitrogens with one attached hydrogen (secondary N) is 2. The molecule has 0 radical (unpaired) electrons. The molecule has 67 heavy (non-hydrogen) atoms. The highest BCUT2D eigenvalue weighted by molar-refractivity contribution is 5.96. The van der Waals surface area contributed by atoms with E-state index in [1.165, 1.54) is 0 Å². The zero-order valence-electron chi connectivity index (χ0n) is 38.6. The fourth-order valence-electron chi connectivity index (χ4n) is 9.82. The molecule has 3 aromatic heterocycles. The van der Waals surface area contributed by atoms with Crippen LogP contribution >= 0.6 is 0 Å². The normalized spacial score (nSPS) is 18.5. The van der Waals surface area contributed by atoms with Crippen LogP contribution in [0.2, 0.25) is 0 Å². The summed E-state index contributed by atoms with van der Waals surface area (Å²) >= 11 is 0. The van der Waals surface area contributed by atoms with Crippen LogP contribution in [0.1, 0.15) is 70.4 Å². The van der Waals surface area contributed by atoms with Gasteiger partial charge in [-0.15, -0.1) is 0 Å². The van der Waals surface area contributed by atoms with E-state index in [4.69, 9.17) is 4.98 Å². The van der Waals surface area contributed by atoms with Gasteiger partial charge in [0.15, 0.2) is 0 Å². The van der Waals surface area contributed by atoms with Crippen molar-refractivity contribution in [1.82, 2.24) is 35.0 Å². The average molecular weight is 906 g/mol. The molecule has 4 fully saturated rings. The van der Waals surface area contributed by atoms with Crippen molar-refractivity contribution in [2.45, 2.75) is 77.5 Å². The number of anilines is 3. The molecule has 16 nitrogen and oxygen atoms in total. The van der Waals surface area contributed by atoms with Gasteiger partial charge >= 0.3 is 6.03 Å². The molecular formula is C51H59N11O5. The number of amides is 5. The summed E-state index contributed by atoms with van der Waals surface area (Å²) in [6.45, 7) is 12.1. The molecular weight excluding hydrogens is 847 g/mol. The highest BCUT2D eigenvalue weighted by Gasteiger charge is 2.38. The largest absolute Gasteiger partial charge is 0.389 e. The minimum atomic E-state index is -1.06. The summed E-state index contributed by atoms with van der Waals surface area (Å²) in [7, 11) is 0. The first-order chi connectivity index (χ1) is 32.3. The van der Waals surface area contributed by atoms with Crippen molar-refractivity contribution in [1.29, 1.82) is 5.26 Å². The van der Waals surface area contributed by atoms with Gasteiger partial charge in [-0.25, -0.2) is 14.3 Å². The van der Waals surface area contributed by atoms with Gasteiger partial charge in [0.05, 0.1) is 29.3 Å². The first kappa shape index (κ1) is 45.2. The van der Waals surface area contributed by atoms with E-state index in [2.05, 4.69) is 66.8 Å². The SMILES string of the molecule is CC(C)NC(=O)C1(C)CCN(c2ccc(-c3cc(-c4ccc(N5CCN(C(=O)CC6(O)CCN(c7ccc(CN8CCC(=O)NC8=O)cc7)CC6)CC5)cc4)cn4ncc(C#N)c34)cn2)CC1. The summed E-state index contributed by atoms with van der Waals surface area (Å²) in [4.78, 5) is 65.2. The van der Waals surface area contributed by atoms with Gasteiger partial charge < -0.3 is 34.9 Å². The van der Waals surface area contributed by atoms with E-state index < -0.39 is 11.0 Å². The van der Waals surface area contributed by atoms with Crippen molar-refractivity contribution >= 4 is 46.5 Å². The van der Waals surface area contributed by atoms with E-state index in [-0.39, 0.29) is 36.2 Å². The number of carbonyl (C=O) groups excluding carboxylic acids is 4. The first-order valence-electron chi connectivity index (χ1n) is 23.5. The topological polar surface area (TPSA) is 183 Å². The molecule has 3 N–H and O–H groups in total. The number of piperazine rings is 1. The Labute approximate surface area is 391 Å². The quantitative estimate of drug-likeness (QED) is 0.151. The van der Waals surface area contributed by atoms with Crippen LogP contribution in [-0.2, 0) is 20.9 Å². The summed E-state index contributed by atoms with van der Waals surface area (Å²) in [5, 5.41) is 31.5. The van der Waals surface area contributed by atoms with E-state index in [0.29, 0.717) is 77.2 Å². The van der Waals surface area contributed by atoms with E-state index in [1.54, 1.807) is 15.6 Å². The summed E-state index contributed by atoms with van der Waals surface area (Å²) in [6, 6.07) is 24.6. The number of aliphatic hydroxyl groups is 1. The predicted molar refractivity (Wildman–Crippen MR) is 256 cm³/mol. The van der Waals surface area contributed by atoms with E-state index in [9.17, 15) is 29.5 Å². The van der Waals surface area contributed by atoms with E-state index in [1.807, 2.05) is 74.5 Å². The number of piperidine rings is 2. The van der Waals surface area contributed by atoms with Crippen molar-refractivity contribution in [2.24, 2.45) is 5.41 Å². The molecule has 16 heteroatoms. The van der Waals surface area contributed by atoms with Crippen LogP contribution in [0.15, 0.2) is 85.3 Å². The Balaban J connectivity index is 0.784. The Bertz CT molecular complexity index is 2670. The zero-order chi connectivity index (χ0) is 46.9. The molecule has 4 saturated heterocycles. The number of fused-ring (bicyclic) bond motifs is 1. The lowest BCUT2D eigenvalue weighted by atomic mass is 9.79. The standard InChI is InChI=1S/C51H59N11O5/c1-35(2)55-48(65)50(3)15-20-59(21-16-50)44-13-8-38(31-53-44)43-28-39(34-62-47(43)40(30-52)32-54-62)37-6-11-42(12-7-37)58-24-26-60(27-25-58)46(64)29-51(67)17-22-57(23-18-51)41-9-4-36(5-10-41)33-61-19-14-45(63)56-49(61)66/h4-13,28,31-32,34-35,67H,14-27,29,33H2,1-3H3,(H,55,65)(H,56,63,66). The maximum Gasteiger partial charge on any atom is 0.324 e. The number of rotatable bonds is 11. The van der Waals surface area contributed by atoms with Gasteiger partial charge in [0.1, 0.15) is 11.9 Å². The number of hydrogen-bond acceptors (Lipinski definition) is 11. The number of nitriles is 1. The Morgan fingerprint density at radius 1 is 0.806 bits per heavy atom. The number of benzene rings is 2. The minimum absolute atomic E-state index is 0.0185. The molecule has 0 saturated carbocycles. The summed E-state index contributed by atoms with van der Waals surface area (Å²) in [5.41, 5.74) is 6.49. The van der Waals surface area contributed by atoms with Crippen LogP contribution in [0.4, 0.5) is 22.0 Å². The van der Waals surface area contributed by atoms with E-state index >= 15 is 0 Å². The van der Waals surface area contributed by atoms with Gasteiger partial charge in [0.2, 0.25) is 17.7 Å². The number of carbonyl (C=O) groups is 4. The smallest absolute Gasteiger partial charge is 0.324 e. The highest BCUT2D eigenvalue weighted by atomic mass is 16.3. The monoisotopic (exact) mass is 905 g/mol. The number of hydrogen-bond donors (Lipinski definition) is 3. The highest BCUT2D eigenvalue weighted by Crippen LogP contribution is 2.36. The van der Waals surface area contributed by atoms with Crippen LogP contribution < -0.4 is 25.3 Å². The second kappa shape index (κ2) is 18.7. The summed E-state index contributed by atoms with van der Waals surface area (Å²) in [6.07, 6.45) is 8.28. The Morgan fingerprint density at radius 3 is 2.07 bits per heavy atom. The molecule has 2 aromatic carbocycles. The molecule has 5 aromatic rings. The number of nitrogens with zero attached hydrogens (tertiary/aromatic N) is 9. The molecule has 4 aliphatic heterocycles. The lowest BCUT2D eigenvalue weighted by molar-refractivity contribution is -0.137. The third kappa shape index (κ3) is 9.78. The zero-order valence-corrected chi connectivity index (χ0v) is 38.6. The molecule has 9 rings (SSSR count). The molecule has 4 aliphatic rings. The van der Waals surface area contributed by atoms with Crippen molar-refractivity contribution in [3.05, 3.63) is 96.4 Å². The van der Waals surface area contributed by atoms with Gasteiger partial charge in [-0.2, -0.15) is 10.4 Å². The minimum Gasteiger partial charge on any atom is -0.389 e. The van der Waals surface area contributed by atoms with Gasteiger partial charge in [-0.05, 0) is 93.1 Å². The maximum absolute atomic E-state index is 13.6. The third-order valence-electron chi connectivity index (χ3n) is 14.1. The molecule has 0 unspecified atom stereocenters. The van der Waals surface area contributed by atoms with Gasteiger partial charge in [0.25, 0.3) is 0 Å². The van der Waals surface area contributed by atoms with Crippen LogP contribution in [0, 0.1) is 16.7 Å². The Hall–Kier alpha value is -6.99. The maximum atomic E-state index is 13.6. The van der Waals surface area contributed by atoms with Crippen molar-refractivity contribution < 1.29 is 24.3 Å². The van der Waals surface area contributed by atoms with Gasteiger partial charge in [-0.1, -0.05) is 31.2 Å². The Kier molecular flexibility index (Phi) is 12.6. The van der Waals surface area contributed by atoms with E-state index in [0.717, 1.165) is 76.5 Å². The fourth-order valence-corrected chi connectivity index (χ4v) is 9.82. The van der Waals surface area contributed by atoms with Crippen molar-refractivity contribution in [2.75, 3.05) is 73.6 Å². The van der Waals surface area contributed by atoms with Crippen LogP contribution in [0.25, 0.3) is 27.8 Å². The number of imide groups is 1. The summed E-state index contributed by atoms with van der Waals surface area (Å²) in [5.74, 6) is 0.704. The summed E-state index contributed by atoms with van der Waals surface area (Å²) < 4.78 is 1.76. The molecule has 0 bridgehead atoms. The molecule has 0 atom stereocenters. The van der Waals surface area contributed by atoms with Crippen LogP contribution in [-0.4, -0.2) is 124 Å². The Morgan fingerprint density at radius 2 is 1.45 bits per heavy atom. The molecule has 0 spiro atoms. The van der Waals surface area contributed by atoms with Crippen molar-refractivity contribution in [3.63, 3.8) is 0 Å². The van der Waals surface area contributed by atoms with Crippen LogP contribution in [0.3, 0.4) is 0 Å². The molecule has 7 heterocycles. The fraction of sp³-hybridized carbons (Fsp3) is 0.431. The molecule has 348 valence electrons. The second-order valence-electron chi connectivity index (χ2n) is 19.2. The average Bonchev–Trinajstić information content (AvgIpc) is 3.76.